The quantitative estimate of drug-likeness (QED) is 0.142. The van der Waals surface area contributed by atoms with Gasteiger partial charge in [-0.05, 0) is 60.9 Å². The Morgan fingerprint density at radius 2 is 1.60 bits per heavy atom. The highest BCUT2D eigenvalue weighted by atomic mass is 32.2. The van der Waals surface area contributed by atoms with Gasteiger partial charge in [0.15, 0.2) is 5.13 Å². The summed E-state index contributed by atoms with van der Waals surface area (Å²) in [6, 6.07) is 34.6. The summed E-state index contributed by atoms with van der Waals surface area (Å²) in [5.74, 6) is -0.0168. The van der Waals surface area contributed by atoms with Gasteiger partial charge in [0.2, 0.25) is 5.91 Å². The first-order chi connectivity index (χ1) is 22.9. The lowest BCUT2D eigenvalue weighted by atomic mass is 9.94. The van der Waals surface area contributed by atoms with E-state index >= 15 is 0 Å². The van der Waals surface area contributed by atoms with E-state index in [1.165, 1.54) is 11.3 Å². The number of anilines is 2. The van der Waals surface area contributed by atoms with Crippen LogP contribution in [-0.4, -0.2) is 27.5 Å². The Hall–Kier alpha value is -5.50. The predicted molar refractivity (Wildman–Crippen MR) is 188 cm³/mol. The minimum absolute atomic E-state index is 0.00248. The standard InChI is InChI=1S/C37H29N5O3S2/c1-23-10-6-7-13-29(23)40-35(44)33-24(2)39-36(46-22-32(43)42-37-41-30-14-8-9-15-31(30)47-37)28(20-38)34(33)26-16-18-27(19-17-26)45-21-25-11-4-3-5-12-25/h3-19H,21-22H2,1-2H3,(H,40,44)(H,41,42,43). The van der Waals surface area contributed by atoms with Crippen molar-refractivity contribution in [2.75, 3.05) is 16.4 Å². The molecule has 6 aromatic rings. The van der Waals surface area contributed by atoms with Gasteiger partial charge in [0.25, 0.3) is 5.91 Å². The molecule has 232 valence electrons. The van der Waals surface area contributed by atoms with Gasteiger partial charge in [0.1, 0.15) is 23.5 Å². The van der Waals surface area contributed by atoms with Crippen LogP contribution in [0.4, 0.5) is 10.8 Å². The normalized spacial score (nSPS) is 10.7. The number of benzene rings is 4. The molecule has 0 aliphatic carbocycles. The van der Waals surface area contributed by atoms with E-state index in [0.29, 0.717) is 45.0 Å². The summed E-state index contributed by atoms with van der Waals surface area (Å²) in [4.78, 5) is 36.0. The van der Waals surface area contributed by atoms with Gasteiger partial charge in [0, 0.05) is 11.3 Å². The molecule has 0 spiro atoms. The highest BCUT2D eigenvalue weighted by Gasteiger charge is 2.25. The maximum atomic E-state index is 13.9. The lowest BCUT2D eigenvalue weighted by Gasteiger charge is -2.18. The average molecular weight is 656 g/mol. The molecule has 47 heavy (non-hydrogen) atoms. The third-order valence-corrected chi connectivity index (χ3v) is 9.28. The number of para-hydroxylation sites is 2. The molecule has 0 aliphatic rings. The van der Waals surface area contributed by atoms with Gasteiger partial charge in [-0.1, -0.05) is 95.9 Å². The van der Waals surface area contributed by atoms with E-state index in [1.54, 1.807) is 6.92 Å². The second-order valence-corrected chi connectivity index (χ2v) is 12.6. The first-order valence-electron chi connectivity index (χ1n) is 14.8. The number of fused-ring (bicyclic) bond motifs is 1. The van der Waals surface area contributed by atoms with Crippen LogP contribution in [0.15, 0.2) is 108 Å². The molecule has 0 bridgehead atoms. The first kappa shape index (κ1) is 31.5. The fourth-order valence-corrected chi connectivity index (χ4v) is 6.74. The Labute approximate surface area is 280 Å². The number of amides is 2. The van der Waals surface area contributed by atoms with Crippen molar-refractivity contribution in [2.45, 2.75) is 25.5 Å². The van der Waals surface area contributed by atoms with Crippen molar-refractivity contribution < 1.29 is 14.3 Å². The number of ether oxygens (including phenoxy) is 1. The lowest BCUT2D eigenvalue weighted by molar-refractivity contribution is -0.113. The van der Waals surface area contributed by atoms with Gasteiger partial charge in [0.05, 0.1) is 32.8 Å². The lowest BCUT2D eigenvalue weighted by Crippen LogP contribution is -2.18. The number of nitriles is 1. The van der Waals surface area contributed by atoms with Gasteiger partial charge < -0.3 is 15.4 Å². The maximum absolute atomic E-state index is 13.9. The number of pyridine rings is 1. The minimum Gasteiger partial charge on any atom is -0.489 e. The summed E-state index contributed by atoms with van der Waals surface area (Å²) in [7, 11) is 0. The number of carbonyl (C=O) groups is 2. The van der Waals surface area contributed by atoms with Crippen LogP contribution >= 0.6 is 23.1 Å². The van der Waals surface area contributed by atoms with Crippen LogP contribution in [0.1, 0.15) is 32.7 Å². The number of aromatic nitrogens is 2. The van der Waals surface area contributed by atoms with Gasteiger partial charge in [-0.3, -0.25) is 9.59 Å². The van der Waals surface area contributed by atoms with Gasteiger partial charge in [-0.15, -0.1) is 0 Å². The molecule has 0 unspecified atom stereocenters. The summed E-state index contributed by atoms with van der Waals surface area (Å²) in [5, 5.41) is 17.2. The van der Waals surface area contributed by atoms with Crippen LogP contribution in [0.2, 0.25) is 0 Å². The molecule has 0 atom stereocenters. The van der Waals surface area contributed by atoms with Gasteiger partial charge >= 0.3 is 0 Å². The van der Waals surface area contributed by atoms with Crippen molar-refractivity contribution in [2.24, 2.45) is 0 Å². The summed E-state index contributed by atoms with van der Waals surface area (Å²) in [5.41, 5.74) is 5.43. The van der Waals surface area contributed by atoms with Crippen LogP contribution in [0.5, 0.6) is 5.75 Å². The number of aryl methyl sites for hydroxylation is 2. The van der Waals surface area contributed by atoms with E-state index in [9.17, 15) is 14.9 Å². The Morgan fingerprint density at radius 1 is 0.872 bits per heavy atom. The Kier molecular flexibility index (Phi) is 9.57. The number of thiazole rings is 1. The van der Waals surface area contributed by atoms with Crippen molar-refractivity contribution in [3.63, 3.8) is 0 Å². The minimum atomic E-state index is -0.384. The molecule has 8 nitrogen and oxygen atoms in total. The van der Waals surface area contributed by atoms with Crippen molar-refractivity contribution in [1.82, 2.24) is 9.97 Å². The molecule has 0 saturated heterocycles. The molecule has 4 aromatic carbocycles. The van der Waals surface area contributed by atoms with Crippen LogP contribution < -0.4 is 15.4 Å². The van der Waals surface area contributed by atoms with E-state index in [4.69, 9.17) is 4.74 Å². The Balaban J connectivity index is 1.31. The Morgan fingerprint density at radius 3 is 2.34 bits per heavy atom. The molecule has 6 rings (SSSR count). The summed E-state index contributed by atoms with van der Waals surface area (Å²) < 4.78 is 6.95. The Bertz CT molecular complexity index is 2090. The molecule has 2 N–H and O–H groups in total. The molecule has 10 heteroatoms. The van der Waals surface area contributed by atoms with E-state index in [0.717, 1.165) is 33.1 Å². The SMILES string of the molecule is Cc1ccccc1NC(=O)c1c(C)nc(SCC(=O)Nc2nc3ccccc3s2)c(C#N)c1-c1ccc(OCc2ccccc2)cc1. The molecule has 0 fully saturated rings. The molecule has 0 radical (unpaired) electrons. The molecular weight excluding hydrogens is 627 g/mol. The zero-order valence-electron chi connectivity index (χ0n) is 25.6. The van der Waals surface area contributed by atoms with E-state index in [1.807, 2.05) is 110 Å². The topological polar surface area (TPSA) is 117 Å². The smallest absolute Gasteiger partial charge is 0.258 e. The number of carbonyl (C=O) groups excluding carboxylic acids is 2. The largest absolute Gasteiger partial charge is 0.489 e. The van der Waals surface area contributed by atoms with Crippen molar-refractivity contribution in [3.05, 3.63) is 131 Å². The third-order valence-electron chi connectivity index (χ3n) is 7.35. The third kappa shape index (κ3) is 7.33. The van der Waals surface area contributed by atoms with Crippen LogP contribution in [0.3, 0.4) is 0 Å². The molecule has 2 aromatic heterocycles. The molecule has 2 amide bonds. The molecule has 2 heterocycles. The van der Waals surface area contributed by atoms with E-state index < -0.39 is 0 Å². The number of rotatable bonds is 10. The zero-order valence-corrected chi connectivity index (χ0v) is 27.2. The van der Waals surface area contributed by atoms with E-state index in [2.05, 4.69) is 26.7 Å². The van der Waals surface area contributed by atoms with Crippen molar-refractivity contribution in [3.8, 4) is 22.9 Å². The average Bonchev–Trinajstić information content (AvgIpc) is 3.50. The van der Waals surface area contributed by atoms with E-state index in [-0.39, 0.29) is 28.7 Å². The van der Waals surface area contributed by atoms with Gasteiger partial charge in [-0.2, -0.15) is 5.26 Å². The number of nitrogens with zero attached hydrogens (tertiary/aromatic N) is 3. The summed E-state index contributed by atoms with van der Waals surface area (Å²) in [6.45, 7) is 4.05. The second kappa shape index (κ2) is 14.3. The predicted octanol–water partition coefficient (Wildman–Crippen LogP) is 8.41. The summed E-state index contributed by atoms with van der Waals surface area (Å²) >= 11 is 2.53. The zero-order chi connectivity index (χ0) is 32.8. The number of thioether (sulfide) groups is 1. The summed E-state index contributed by atoms with van der Waals surface area (Å²) in [6.07, 6.45) is 0. The van der Waals surface area contributed by atoms with Crippen LogP contribution in [0.25, 0.3) is 21.3 Å². The fourth-order valence-electron chi connectivity index (χ4n) is 5.02. The highest BCUT2D eigenvalue weighted by Crippen LogP contribution is 2.36. The monoisotopic (exact) mass is 655 g/mol. The number of nitrogens with one attached hydrogen (secondary N) is 2. The van der Waals surface area contributed by atoms with Gasteiger partial charge in [-0.25, -0.2) is 9.97 Å². The highest BCUT2D eigenvalue weighted by molar-refractivity contribution is 8.00. The first-order valence-corrected chi connectivity index (χ1v) is 16.6. The maximum Gasteiger partial charge on any atom is 0.258 e. The molecule has 0 saturated carbocycles. The fraction of sp³-hybridized carbons (Fsp3) is 0.108. The number of hydrogen-bond acceptors (Lipinski definition) is 8. The van der Waals surface area contributed by atoms with Crippen LogP contribution in [-0.2, 0) is 11.4 Å². The number of hydrogen-bond donors (Lipinski definition) is 2. The van der Waals surface area contributed by atoms with Crippen molar-refractivity contribution in [1.29, 1.82) is 5.26 Å². The molecular formula is C37H29N5O3S2. The van der Waals surface area contributed by atoms with Crippen LogP contribution in [0, 0.1) is 25.2 Å². The second-order valence-electron chi connectivity index (χ2n) is 10.6. The molecule has 0 aliphatic heterocycles. The van der Waals surface area contributed by atoms with Crippen molar-refractivity contribution >= 4 is 55.9 Å².